The molecule has 1 aliphatic rings. The minimum absolute atomic E-state index is 0.0970. The fourth-order valence-corrected chi connectivity index (χ4v) is 2.53. The zero-order valence-electron chi connectivity index (χ0n) is 12.3. The van der Waals surface area contributed by atoms with Crippen molar-refractivity contribution in [2.75, 3.05) is 40.8 Å². The Morgan fingerprint density at radius 2 is 1.79 bits per heavy atom. The van der Waals surface area contributed by atoms with E-state index in [0.717, 1.165) is 6.54 Å². The van der Waals surface area contributed by atoms with Gasteiger partial charge in [-0.15, -0.1) is 0 Å². The van der Waals surface area contributed by atoms with E-state index >= 15 is 0 Å². The van der Waals surface area contributed by atoms with Crippen LogP contribution in [0.2, 0.25) is 0 Å². The maximum atomic E-state index is 12.1. The van der Waals surface area contributed by atoms with Crippen molar-refractivity contribution in [3.63, 3.8) is 0 Å². The molecule has 114 valence electrons. The summed E-state index contributed by atoms with van der Waals surface area (Å²) in [5.41, 5.74) is 0.215. The molecule has 0 spiro atoms. The summed E-state index contributed by atoms with van der Waals surface area (Å²) in [5.74, 6) is 0. The van der Waals surface area contributed by atoms with Gasteiger partial charge in [-0.3, -0.25) is 0 Å². The molecular formula is C13H26F3N3. The van der Waals surface area contributed by atoms with Crippen LogP contribution in [0, 0.1) is 0 Å². The van der Waals surface area contributed by atoms with E-state index in [0.29, 0.717) is 6.54 Å². The predicted octanol–water partition coefficient (Wildman–Crippen LogP) is 1.94. The molecule has 1 atom stereocenters. The first-order chi connectivity index (χ1) is 8.66. The Morgan fingerprint density at radius 3 is 2.16 bits per heavy atom. The molecule has 1 saturated carbocycles. The van der Waals surface area contributed by atoms with Crippen LogP contribution in [-0.2, 0) is 0 Å². The van der Waals surface area contributed by atoms with Crippen molar-refractivity contribution in [1.82, 2.24) is 15.1 Å². The van der Waals surface area contributed by atoms with Gasteiger partial charge in [-0.25, -0.2) is 0 Å². The highest BCUT2D eigenvalue weighted by atomic mass is 19.4. The number of hydrogen-bond acceptors (Lipinski definition) is 3. The van der Waals surface area contributed by atoms with Gasteiger partial charge in [0.25, 0.3) is 0 Å². The van der Waals surface area contributed by atoms with E-state index in [1.54, 1.807) is 0 Å². The number of halogens is 3. The molecule has 0 saturated heterocycles. The lowest BCUT2D eigenvalue weighted by atomic mass is 9.75. The Morgan fingerprint density at radius 1 is 1.21 bits per heavy atom. The van der Waals surface area contributed by atoms with E-state index in [1.807, 2.05) is 14.0 Å². The standard InChI is InChI=1S/C13H26F3N3/c1-11(8-17-9-13(14,15)16)19(4)10-12(18(2)3)6-5-7-12/h11,17H,5-10H2,1-4H3. The van der Waals surface area contributed by atoms with Crippen molar-refractivity contribution in [1.29, 1.82) is 0 Å². The molecule has 6 heteroatoms. The first-order valence-corrected chi connectivity index (χ1v) is 6.81. The van der Waals surface area contributed by atoms with Gasteiger partial charge >= 0.3 is 6.18 Å². The molecule has 1 aliphatic carbocycles. The van der Waals surface area contributed by atoms with Crippen molar-refractivity contribution in [2.45, 2.75) is 43.9 Å². The van der Waals surface area contributed by atoms with Gasteiger partial charge < -0.3 is 15.1 Å². The van der Waals surface area contributed by atoms with Crippen molar-refractivity contribution in [2.24, 2.45) is 0 Å². The Bertz CT molecular complexity index is 275. The summed E-state index contributed by atoms with van der Waals surface area (Å²) in [4.78, 5) is 4.41. The number of likely N-dealkylation sites (N-methyl/N-ethyl adjacent to an activating group) is 2. The van der Waals surface area contributed by atoms with Gasteiger partial charge in [-0.05, 0) is 47.3 Å². The Balaban J connectivity index is 2.34. The molecule has 0 amide bonds. The highest BCUT2D eigenvalue weighted by molar-refractivity contribution is 4.98. The second-order valence-corrected chi connectivity index (χ2v) is 5.98. The van der Waals surface area contributed by atoms with E-state index in [9.17, 15) is 13.2 Å². The summed E-state index contributed by atoms with van der Waals surface area (Å²) in [6.07, 6.45) is -0.538. The van der Waals surface area contributed by atoms with Gasteiger partial charge in [0.05, 0.1) is 6.54 Å². The lowest BCUT2D eigenvalue weighted by Gasteiger charge is -2.50. The summed E-state index contributed by atoms with van der Waals surface area (Å²) in [6.45, 7) is 2.32. The number of rotatable bonds is 7. The third-order valence-corrected chi connectivity index (χ3v) is 4.29. The van der Waals surface area contributed by atoms with E-state index in [-0.39, 0.29) is 11.6 Å². The number of nitrogens with one attached hydrogen (secondary N) is 1. The van der Waals surface area contributed by atoms with Crippen LogP contribution in [0.15, 0.2) is 0 Å². The minimum Gasteiger partial charge on any atom is -0.307 e. The van der Waals surface area contributed by atoms with Gasteiger partial charge in [-0.1, -0.05) is 0 Å². The number of hydrogen-bond donors (Lipinski definition) is 1. The van der Waals surface area contributed by atoms with Gasteiger partial charge in [-0.2, -0.15) is 13.2 Å². The van der Waals surface area contributed by atoms with Crippen molar-refractivity contribution < 1.29 is 13.2 Å². The average molecular weight is 281 g/mol. The number of nitrogens with zero attached hydrogens (tertiary/aromatic N) is 2. The first-order valence-electron chi connectivity index (χ1n) is 6.81. The van der Waals surface area contributed by atoms with E-state index in [2.05, 4.69) is 29.2 Å². The lowest BCUT2D eigenvalue weighted by Crippen LogP contribution is -2.58. The molecule has 1 N–H and O–H groups in total. The van der Waals surface area contributed by atoms with Crippen molar-refractivity contribution >= 4 is 0 Å². The van der Waals surface area contributed by atoms with Crippen LogP contribution in [0.1, 0.15) is 26.2 Å². The predicted molar refractivity (Wildman–Crippen MR) is 71.3 cm³/mol. The Hall–Kier alpha value is -0.330. The third-order valence-electron chi connectivity index (χ3n) is 4.29. The fourth-order valence-electron chi connectivity index (χ4n) is 2.53. The first kappa shape index (κ1) is 16.7. The van der Waals surface area contributed by atoms with E-state index in [4.69, 9.17) is 0 Å². The van der Waals surface area contributed by atoms with Crippen LogP contribution in [0.3, 0.4) is 0 Å². The minimum atomic E-state index is -4.13. The maximum Gasteiger partial charge on any atom is 0.401 e. The summed E-state index contributed by atoms with van der Waals surface area (Å²) < 4.78 is 36.2. The zero-order valence-corrected chi connectivity index (χ0v) is 12.3. The van der Waals surface area contributed by atoms with Crippen LogP contribution >= 0.6 is 0 Å². The molecule has 3 nitrogen and oxygen atoms in total. The second-order valence-electron chi connectivity index (χ2n) is 5.98. The quantitative estimate of drug-likeness (QED) is 0.769. The largest absolute Gasteiger partial charge is 0.401 e. The van der Waals surface area contributed by atoms with Gasteiger partial charge in [0.1, 0.15) is 0 Å². The van der Waals surface area contributed by atoms with Gasteiger partial charge in [0, 0.05) is 24.7 Å². The normalized spacial score (nSPS) is 20.7. The van der Waals surface area contributed by atoms with Crippen LogP contribution in [0.25, 0.3) is 0 Å². The molecule has 0 radical (unpaired) electrons. The smallest absolute Gasteiger partial charge is 0.307 e. The summed E-state index contributed by atoms with van der Waals surface area (Å²) in [5, 5.41) is 2.48. The Kier molecular flexibility index (Phi) is 5.65. The Labute approximate surface area is 114 Å². The second kappa shape index (κ2) is 6.41. The molecule has 0 aromatic carbocycles. The molecule has 0 aliphatic heterocycles. The molecular weight excluding hydrogens is 255 g/mol. The highest BCUT2D eigenvalue weighted by Crippen LogP contribution is 2.36. The topological polar surface area (TPSA) is 18.5 Å². The van der Waals surface area contributed by atoms with E-state index < -0.39 is 12.7 Å². The lowest BCUT2D eigenvalue weighted by molar-refractivity contribution is -0.125. The van der Waals surface area contributed by atoms with Crippen LogP contribution in [0.4, 0.5) is 13.2 Å². The van der Waals surface area contributed by atoms with Crippen LogP contribution in [-0.4, -0.2) is 68.3 Å². The number of alkyl halides is 3. The summed E-state index contributed by atoms with van der Waals surface area (Å²) in [7, 11) is 6.16. The van der Waals surface area contributed by atoms with Crippen LogP contribution in [0.5, 0.6) is 0 Å². The summed E-state index contributed by atoms with van der Waals surface area (Å²) >= 11 is 0. The third kappa shape index (κ3) is 4.93. The molecule has 1 rings (SSSR count). The SMILES string of the molecule is CC(CNCC(F)(F)F)N(C)CC1(N(C)C)CCC1. The van der Waals surface area contributed by atoms with Crippen molar-refractivity contribution in [3.8, 4) is 0 Å². The molecule has 0 bridgehead atoms. The van der Waals surface area contributed by atoms with Gasteiger partial charge in [0.15, 0.2) is 0 Å². The fraction of sp³-hybridized carbons (Fsp3) is 1.00. The zero-order chi connectivity index (χ0) is 14.7. The average Bonchev–Trinajstić information content (AvgIpc) is 2.20. The molecule has 0 aromatic rings. The van der Waals surface area contributed by atoms with E-state index in [1.165, 1.54) is 19.3 Å². The summed E-state index contributed by atoms with van der Waals surface area (Å²) in [6, 6.07) is 0.0970. The maximum absolute atomic E-state index is 12.1. The monoisotopic (exact) mass is 281 g/mol. The van der Waals surface area contributed by atoms with Gasteiger partial charge in [0.2, 0.25) is 0 Å². The molecule has 0 heterocycles. The molecule has 1 unspecified atom stereocenters. The molecule has 1 fully saturated rings. The van der Waals surface area contributed by atoms with Crippen molar-refractivity contribution in [3.05, 3.63) is 0 Å². The molecule has 19 heavy (non-hydrogen) atoms. The van der Waals surface area contributed by atoms with Crippen LogP contribution < -0.4 is 5.32 Å². The molecule has 0 aromatic heterocycles. The highest BCUT2D eigenvalue weighted by Gasteiger charge is 2.40.